The summed E-state index contributed by atoms with van der Waals surface area (Å²) in [6.45, 7) is 0. The summed E-state index contributed by atoms with van der Waals surface area (Å²) < 4.78 is 19.0. The summed E-state index contributed by atoms with van der Waals surface area (Å²) in [7, 11) is 0. The van der Waals surface area contributed by atoms with E-state index in [9.17, 15) is 0 Å². The first kappa shape index (κ1) is 30.3. The first-order chi connectivity index (χ1) is 26.7. The molecule has 8 aromatic carbocycles. The van der Waals surface area contributed by atoms with Crippen molar-refractivity contribution in [2.75, 3.05) is 4.90 Å². The van der Waals surface area contributed by atoms with E-state index in [1.54, 1.807) is 0 Å². The zero-order valence-electron chi connectivity index (χ0n) is 28.9. The van der Waals surface area contributed by atoms with Gasteiger partial charge in [0.05, 0.1) is 0 Å². The van der Waals surface area contributed by atoms with Crippen molar-refractivity contribution in [2.45, 2.75) is 0 Å². The standard InChI is InChI=1S/C49H30N2O3/c1-3-11-31(12-4-1)34-15-9-16-36(27-34)51(35-23-21-32(22-24-35)38-18-10-19-40-39-17-7-8-20-44(39)53-48(38)40)37-25-26-45-41(28-37)42-29-43-47(30-46(42)52-45)54-49(50-43)33-13-5-2-6-14-33/h1-30H. The molecule has 0 aliphatic carbocycles. The molecule has 0 aliphatic rings. The van der Waals surface area contributed by atoms with Crippen LogP contribution >= 0.6 is 0 Å². The SMILES string of the molecule is c1ccc(-c2cccc(N(c3ccc(-c4cccc5c4oc4ccccc45)cc3)c3ccc4oc5cc6oc(-c7ccccc7)nc6cc5c4c3)c2)cc1. The van der Waals surface area contributed by atoms with E-state index in [-0.39, 0.29) is 0 Å². The van der Waals surface area contributed by atoms with Crippen LogP contribution in [-0.2, 0) is 0 Å². The predicted molar refractivity (Wildman–Crippen MR) is 220 cm³/mol. The van der Waals surface area contributed by atoms with Crippen LogP contribution in [0, 0.1) is 0 Å². The second-order valence-electron chi connectivity index (χ2n) is 13.6. The normalized spacial score (nSPS) is 11.7. The molecular weight excluding hydrogens is 665 g/mol. The van der Waals surface area contributed by atoms with Crippen molar-refractivity contribution in [2.24, 2.45) is 0 Å². The molecular formula is C49H30N2O3. The molecule has 3 heterocycles. The van der Waals surface area contributed by atoms with Crippen LogP contribution in [0.25, 0.3) is 88.7 Å². The summed E-state index contributed by atoms with van der Waals surface area (Å²) in [5.74, 6) is 0.590. The van der Waals surface area contributed by atoms with E-state index in [1.165, 1.54) is 0 Å². The van der Waals surface area contributed by atoms with Gasteiger partial charge in [0, 0.05) is 55.8 Å². The van der Waals surface area contributed by atoms with Crippen LogP contribution in [0.2, 0.25) is 0 Å². The molecule has 0 saturated heterocycles. The number of aromatic nitrogens is 1. The van der Waals surface area contributed by atoms with Gasteiger partial charge < -0.3 is 18.2 Å². The molecule has 0 fully saturated rings. The van der Waals surface area contributed by atoms with Gasteiger partial charge in [0.25, 0.3) is 0 Å². The minimum atomic E-state index is 0.590. The van der Waals surface area contributed by atoms with Crippen molar-refractivity contribution in [3.05, 3.63) is 182 Å². The molecule has 54 heavy (non-hydrogen) atoms. The summed E-state index contributed by atoms with van der Waals surface area (Å²) in [5, 5.41) is 4.23. The fourth-order valence-corrected chi connectivity index (χ4v) is 7.70. The Morgan fingerprint density at radius 1 is 0.352 bits per heavy atom. The second kappa shape index (κ2) is 12.1. The lowest BCUT2D eigenvalue weighted by Crippen LogP contribution is -2.10. The number of furan rings is 2. The molecule has 0 aliphatic heterocycles. The molecule has 0 atom stereocenters. The number of hydrogen-bond acceptors (Lipinski definition) is 5. The van der Waals surface area contributed by atoms with E-state index in [1.807, 2.05) is 54.6 Å². The van der Waals surface area contributed by atoms with Crippen molar-refractivity contribution in [1.82, 2.24) is 4.98 Å². The average Bonchev–Trinajstić information content (AvgIpc) is 3.94. The number of anilines is 3. The highest BCUT2D eigenvalue weighted by molar-refractivity contribution is 6.11. The van der Waals surface area contributed by atoms with Crippen LogP contribution < -0.4 is 4.90 Å². The highest BCUT2D eigenvalue weighted by Crippen LogP contribution is 2.42. The van der Waals surface area contributed by atoms with Crippen LogP contribution in [-0.4, -0.2) is 4.98 Å². The number of para-hydroxylation sites is 2. The fourth-order valence-electron chi connectivity index (χ4n) is 7.70. The van der Waals surface area contributed by atoms with Crippen LogP contribution in [0.4, 0.5) is 17.1 Å². The zero-order chi connectivity index (χ0) is 35.6. The average molecular weight is 695 g/mol. The Morgan fingerprint density at radius 2 is 1.02 bits per heavy atom. The lowest BCUT2D eigenvalue weighted by atomic mass is 10.0. The van der Waals surface area contributed by atoms with Crippen molar-refractivity contribution < 1.29 is 13.3 Å². The first-order valence-electron chi connectivity index (χ1n) is 18.0. The van der Waals surface area contributed by atoms with Crippen molar-refractivity contribution in [1.29, 1.82) is 0 Å². The third kappa shape index (κ3) is 4.98. The molecule has 0 saturated carbocycles. The van der Waals surface area contributed by atoms with Gasteiger partial charge >= 0.3 is 0 Å². The molecule has 0 bridgehead atoms. The molecule has 254 valence electrons. The molecule has 5 nitrogen and oxygen atoms in total. The Labute approximate surface area is 309 Å². The second-order valence-corrected chi connectivity index (χ2v) is 13.6. The molecule has 0 amide bonds. The van der Waals surface area contributed by atoms with Crippen LogP contribution in [0.5, 0.6) is 0 Å². The maximum Gasteiger partial charge on any atom is 0.227 e. The molecule has 11 aromatic rings. The van der Waals surface area contributed by atoms with Gasteiger partial charge in [0.2, 0.25) is 5.89 Å². The minimum absolute atomic E-state index is 0.590. The molecule has 0 unspecified atom stereocenters. The summed E-state index contributed by atoms with van der Waals surface area (Å²) in [6, 6.07) is 62.9. The van der Waals surface area contributed by atoms with Gasteiger partial charge in [0.15, 0.2) is 5.58 Å². The molecule has 0 N–H and O–H groups in total. The summed E-state index contributed by atoms with van der Waals surface area (Å²) in [6.07, 6.45) is 0. The lowest BCUT2D eigenvalue weighted by molar-refractivity contribution is 0.617. The van der Waals surface area contributed by atoms with E-state index >= 15 is 0 Å². The van der Waals surface area contributed by atoms with Crippen LogP contribution in [0.15, 0.2) is 195 Å². The Kier molecular flexibility index (Phi) is 6.79. The lowest BCUT2D eigenvalue weighted by Gasteiger charge is -2.26. The van der Waals surface area contributed by atoms with E-state index in [0.29, 0.717) is 11.5 Å². The zero-order valence-corrected chi connectivity index (χ0v) is 28.9. The van der Waals surface area contributed by atoms with E-state index in [0.717, 1.165) is 94.3 Å². The van der Waals surface area contributed by atoms with E-state index in [4.69, 9.17) is 18.2 Å². The quantitative estimate of drug-likeness (QED) is 0.173. The number of rotatable bonds is 6. The van der Waals surface area contributed by atoms with Crippen molar-refractivity contribution in [3.8, 4) is 33.7 Å². The number of nitrogens with zero attached hydrogens (tertiary/aromatic N) is 2. The third-order valence-electron chi connectivity index (χ3n) is 10.3. The minimum Gasteiger partial charge on any atom is -0.456 e. The maximum absolute atomic E-state index is 6.41. The van der Waals surface area contributed by atoms with Crippen LogP contribution in [0.3, 0.4) is 0 Å². The number of hydrogen-bond donors (Lipinski definition) is 0. The molecule has 3 aromatic heterocycles. The third-order valence-corrected chi connectivity index (χ3v) is 10.3. The summed E-state index contributed by atoms with van der Waals surface area (Å²) >= 11 is 0. The van der Waals surface area contributed by atoms with Gasteiger partial charge in [-0.05, 0) is 83.4 Å². The molecule has 0 radical (unpaired) electrons. The largest absolute Gasteiger partial charge is 0.456 e. The highest BCUT2D eigenvalue weighted by atomic mass is 16.4. The predicted octanol–water partition coefficient (Wildman–Crippen LogP) is 14.1. The van der Waals surface area contributed by atoms with Gasteiger partial charge in [-0.15, -0.1) is 0 Å². The van der Waals surface area contributed by atoms with Crippen LogP contribution in [0.1, 0.15) is 0 Å². The van der Waals surface area contributed by atoms with Gasteiger partial charge in [0.1, 0.15) is 27.8 Å². The fraction of sp³-hybridized carbons (Fsp3) is 0. The summed E-state index contributed by atoms with van der Waals surface area (Å²) in [4.78, 5) is 7.15. The smallest absolute Gasteiger partial charge is 0.227 e. The first-order valence-corrected chi connectivity index (χ1v) is 18.0. The monoisotopic (exact) mass is 694 g/mol. The van der Waals surface area contributed by atoms with Gasteiger partial charge in [-0.2, -0.15) is 0 Å². The molecule has 11 rings (SSSR count). The number of benzene rings is 8. The van der Waals surface area contributed by atoms with E-state index in [2.05, 4.69) is 132 Å². The van der Waals surface area contributed by atoms with Gasteiger partial charge in [-0.25, -0.2) is 4.98 Å². The topological polar surface area (TPSA) is 55.6 Å². The van der Waals surface area contributed by atoms with Gasteiger partial charge in [-0.3, -0.25) is 0 Å². The Bertz CT molecular complexity index is 3160. The summed E-state index contributed by atoms with van der Waals surface area (Å²) in [5.41, 5.74) is 13.3. The van der Waals surface area contributed by atoms with E-state index < -0.39 is 0 Å². The number of oxazole rings is 1. The number of fused-ring (bicyclic) bond motifs is 7. The molecule has 0 spiro atoms. The van der Waals surface area contributed by atoms with Crippen molar-refractivity contribution in [3.63, 3.8) is 0 Å². The Morgan fingerprint density at radius 3 is 1.87 bits per heavy atom. The molecule has 5 heteroatoms. The Balaban J connectivity index is 1.05. The maximum atomic E-state index is 6.41. The Hall–Kier alpha value is -7.37. The van der Waals surface area contributed by atoms with Crippen molar-refractivity contribution >= 4 is 72.0 Å². The highest BCUT2D eigenvalue weighted by Gasteiger charge is 2.19. The van der Waals surface area contributed by atoms with Gasteiger partial charge in [-0.1, -0.05) is 109 Å².